The lowest BCUT2D eigenvalue weighted by Crippen LogP contribution is -2.42. The number of carbonyl (C=O) groups excluding carboxylic acids is 1. The lowest BCUT2D eigenvalue weighted by molar-refractivity contribution is 0.0648. The number of likely N-dealkylation sites (tertiary alicyclic amines) is 1. The number of aromatic nitrogens is 2. The van der Waals surface area contributed by atoms with E-state index in [0.717, 1.165) is 40.2 Å². The van der Waals surface area contributed by atoms with Gasteiger partial charge in [-0.2, -0.15) is 0 Å². The zero-order valence-electron chi connectivity index (χ0n) is 14.6. The average molecular weight is 368 g/mol. The molecule has 1 aliphatic rings. The van der Waals surface area contributed by atoms with Crippen molar-refractivity contribution in [1.82, 2.24) is 14.9 Å². The van der Waals surface area contributed by atoms with Gasteiger partial charge in [-0.1, -0.05) is 6.07 Å². The number of nitrogens with one attached hydrogen (secondary N) is 1. The van der Waals surface area contributed by atoms with Crippen molar-refractivity contribution in [2.24, 2.45) is 0 Å². The van der Waals surface area contributed by atoms with Gasteiger partial charge < -0.3 is 15.0 Å². The molecule has 0 unspecified atom stereocenters. The van der Waals surface area contributed by atoms with Crippen LogP contribution in [-0.2, 0) is 6.54 Å². The third-order valence-corrected chi connectivity index (χ3v) is 5.41. The van der Waals surface area contributed by atoms with E-state index >= 15 is 0 Å². The van der Waals surface area contributed by atoms with Gasteiger partial charge in [-0.05, 0) is 31.0 Å². The molecule has 1 aliphatic heterocycles. The first-order valence-electron chi connectivity index (χ1n) is 8.74. The maximum atomic E-state index is 12.5. The molecule has 134 valence electrons. The lowest BCUT2D eigenvalue weighted by atomic mass is 10.1. The van der Waals surface area contributed by atoms with E-state index in [2.05, 4.69) is 15.3 Å². The molecule has 1 saturated heterocycles. The number of pyridine rings is 2. The number of anilines is 1. The zero-order valence-corrected chi connectivity index (χ0v) is 15.4. The van der Waals surface area contributed by atoms with Gasteiger partial charge in [0.2, 0.25) is 5.88 Å². The molecule has 4 rings (SSSR count). The molecule has 0 spiro atoms. The quantitative estimate of drug-likeness (QED) is 0.721. The van der Waals surface area contributed by atoms with Crippen LogP contribution < -0.4 is 10.1 Å². The van der Waals surface area contributed by atoms with Crippen LogP contribution >= 0.6 is 11.3 Å². The van der Waals surface area contributed by atoms with Crippen LogP contribution in [0.2, 0.25) is 0 Å². The lowest BCUT2D eigenvalue weighted by Gasteiger charge is -2.30. The molecule has 1 amide bonds. The molecule has 7 heteroatoms. The fraction of sp³-hybridized carbons (Fsp3) is 0.316. The van der Waals surface area contributed by atoms with Crippen LogP contribution in [0.4, 0.5) is 5.00 Å². The van der Waals surface area contributed by atoms with Gasteiger partial charge in [0.1, 0.15) is 5.69 Å². The molecule has 1 N–H and O–H groups in total. The number of ether oxygens (including phenoxy) is 1. The molecule has 0 atom stereocenters. The molecule has 0 aliphatic carbocycles. The van der Waals surface area contributed by atoms with Crippen LogP contribution in [0.3, 0.4) is 0 Å². The van der Waals surface area contributed by atoms with Gasteiger partial charge in [0.25, 0.3) is 5.91 Å². The number of fused-ring (bicyclic) bond motifs is 1. The molecule has 0 radical (unpaired) electrons. The third-order valence-electron chi connectivity index (χ3n) is 4.35. The summed E-state index contributed by atoms with van der Waals surface area (Å²) in [6.07, 6.45) is 4.60. The highest BCUT2D eigenvalue weighted by atomic mass is 32.1. The number of hydrogen-bond donors (Lipinski definition) is 1. The Kier molecular flexibility index (Phi) is 4.71. The number of hydrogen-bond acceptors (Lipinski definition) is 6. The summed E-state index contributed by atoms with van der Waals surface area (Å²) in [7, 11) is 0. The van der Waals surface area contributed by atoms with Gasteiger partial charge in [0.05, 0.1) is 11.6 Å². The summed E-state index contributed by atoms with van der Waals surface area (Å²) in [5.41, 5.74) is 1.62. The summed E-state index contributed by atoms with van der Waals surface area (Å²) in [5, 5.41) is 5.34. The Labute approximate surface area is 155 Å². The van der Waals surface area contributed by atoms with Crippen LogP contribution in [0, 0.1) is 0 Å². The fourth-order valence-electron chi connectivity index (χ4n) is 2.83. The van der Waals surface area contributed by atoms with Gasteiger partial charge in [0.15, 0.2) is 0 Å². The van der Waals surface area contributed by atoms with Crippen LogP contribution in [-0.4, -0.2) is 40.5 Å². The minimum Gasteiger partial charge on any atom is -0.478 e. The van der Waals surface area contributed by atoms with Crippen molar-refractivity contribution in [2.45, 2.75) is 19.9 Å². The summed E-state index contributed by atoms with van der Waals surface area (Å²) >= 11 is 1.63. The molecule has 6 nitrogen and oxygen atoms in total. The van der Waals surface area contributed by atoms with Crippen LogP contribution in [0.15, 0.2) is 36.7 Å². The summed E-state index contributed by atoms with van der Waals surface area (Å²) in [6, 6.07) is 7.84. The molecule has 1 fully saturated rings. The van der Waals surface area contributed by atoms with Gasteiger partial charge in [-0.3, -0.25) is 9.78 Å². The number of amides is 1. The van der Waals surface area contributed by atoms with E-state index in [4.69, 9.17) is 4.74 Å². The molecule has 3 aromatic rings. The van der Waals surface area contributed by atoms with Crippen molar-refractivity contribution in [3.8, 4) is 5.88 Å². The summed E-state index contributed by atoms with van der Waals surface area (Å²) in [6.45, 7) is 4.87. The second kappa shape index (κ2) is 7.29. The van der Waals surface area contributed by atoms with Crippen molar-refractivity contribution < 1.29 is 9.53 Å². The minimum absolute atomic E-state index is 0.0295. The summed E-state index contributed by atoms with van der Waals surface area (Å²) in [4.78, 5) is 23.0. The SMILES string of the molecule is CCOc1ccc(CNc2cc3c(C(=O)N4CCC4)nccc3s2)cn1. The smallest absolute Gasteiger partial charge is 0.273 e. The molecule has 4 heterocycles. The van der Waals surface area contributed by atoms with Crippen molar-refractivity contribution in [2.75, 3.05) is 25.0 Å². The van der Waals surface area contributed by atoms with Crippen LogP contribution in [0.5, 0.6) is 5.88 Å². The first kappa shape index (κ1) is 16.8. The maximum Gasteiger partial charge on any atom is 0.273 e. The maximum absolute atomic E-state index is 12.5. The average Bonchev–Trinajstić information content (AvgIpc) is 3.03. The zero-order chi connectivity index (χ0) is 17.9. The van der Waals surface area contributed by atoms with E-state index in [9.17, 15) is 4.79 Å². The van der Waals surface area contributed by atoms with Crippen molar-refractivity contribution in [3.05, 3.63) is 47.9 Å². The Morgan fingerprint density at radius 3 is 2.88 bits per heavy atom. The standard InChI is InChI=1S/C19H20N4O2S/c1-2-25-16-5-4-13(11-21-16)12-22-17-10-14-15(26-17)6-7-20-18(14)19(24)23-8-3-9-23/h4-7,10-11,22H,2-3,8-9,12H2,1H3. The Morgan fingerprint density at radius 2 is 2.19 bits per heavy atom. The van der Waals surface area contributed by atoms with Crippen LogP contribution in [0.25, 0.3) is 10.1 Å². The minimum atomic E-state index is 0.0295. The largest absolute Gasteiger partial charge is 0.478 e. The molecular weight excluding hydrogens is 348 g/mol. The highest BCUT2D eigenvalue weighted by Crippen LogP contribution is 2.32. The second-order valence-electron chi connectivity index (χ2n) is 6.12. The number of nitrogens with zero attached hydrogens (tertiary/aromatic N) is 3. The van der Waals surface area contributed by atoms with Gasteiger partial charge in [0, 0.05) is 48.2 Å². The molecule has 3 aromatic heterocycles. The fourth-order valence-corrected chi connectivity index (χ4v) is 3.78. The summed E-state index contributed by atoms with van der Waals surface area (Å²) in [5.74, 6) is 0.667. The Balaban J connectivity index is 1.49. The van der Waals surface area contributed by atoms with Crippen LogP contribution in [0.1, 0.15) is 29.4 Å². The molecule has 0 bridgehead atoms. The molecular formula is C19H20N4O2S. The van der Waals surface area contributed by atoms with E-state index in [1.54, 1.807) is 17.5 Å². The van der Waals surface area contributed by atoms with E-state index < -0.39 is 0 Å². The summed E-state index contributed by atoms with van der Waals surface area (Å²) < 4.78 is 6.43. The normalized spacial score (nSPS) is 13.5. The number of carbonyl (C=O) groups is 1. The van der Waals surface area contributed by atoms with Crippen molar-refractivity contribution in [3.63, 3.8) is 0 Å². The van der Waals surface area contributed by atoms with E-state index in [0.29, 0.717) is 24.7 Å². The van der Waals surface area contributed by atoms with Gasteiger partial charge in [-0.15, -0.1) is 11.3 Å². The highest BCUT2D eigenvalue weighted by molar-refractivity contribution is 7.22. The predicted octanol–water partition coefficient (Wildman–Crippen LogP) is 3.55. The van der Waals surface area contributed by atoms with Crippen molar-refractivity contribution in [1.29, 1.82) is 0 Å². The topological polar surface area (TPSA) is 67.3 Å². The monoisotopic (exact) mass is 368 g/mol. The van der Waals surface area contributed by atoms with Gasteiger partial charge >= 0.3 is 0 Å². The van der Waals surface area contributed by atoms with Gasteiger partial charge in [-0.25, -0.2) is 4.98 Å². The predicted molar refractivity (Wildman–Crippen MR) is 103 cm³/mol. The van der Waals surface area contributed by atoms with Crippen molar-refractivity contribution >= 4 is 32.3 Å². The third kappa shape index (κ3) is 3.35. The first-order valence-corrected chi connectivity index (χ1v) is 9.55. The Morgan fingerprint density at radius 1 is 1.31 bits per heavy atom. The Bertz CT molecular complexity index is 919. The van der Waals surface area contributed by atoms with E-state index in [-0.39, 0.29) is 5.91 Å². The highest BCUT2D eigenvalue weighted by Gasteiger charge is 2.24. The van der Waals surface area contributed by atoms with E-state index in [1.165, 1.54) is 0 Å². The number of thiophene rings is 1. The molecule has 26 heavy (non-hydrogen) atoms. The first-order chi connectivity index (χ1) is 12.7. The molecule has 0 aromatic carbocycles. The van der Waals surface area contributed by atoms with E-state index in [1.807, 2.05) is 42.3 Å². The molecule has 0 saturated carbocycles. The second-order valence-corrected chi connectivity index (χ2v) is 7.20. The Hall–Kier alpha value is -2.67. The number of rotatable bonds is 6.